The maximum Gasteiger partial charge on any atom is 0.220 e. The third-order valence-electron chi connectivity index (χ3n) is 4.07. The van der Waals surface area contributed by atoms with Gasteiger partial charge in [-0.1, -0.05) is 0 Å². The van der Waals surface area contributed by atoms with Crippen LogP contribution in [0.25, 0.3) is 0 Å². The van der Waals surface area contributed by atoms with Crippen molar-refractivity contribution in [2.45, 2.75) is 12.8 Å². The van der Waals surface area contributed by atoms with Gasteiger partial charge in [-0.05, 0) is 30.2 Å². The zero-order valence-electron chi connectivity index (χ0n) is 14.1. The van der Waals surface area contributed by atoms with Crippen LogP contribution in [-0.4, -0.2) is 64.3 Å². The molecule has 0 saturated carbocycles. The van der Waals surface area contributed by atoms with Crippen molar-refractivity contribution in [1.82, 2.24) is 15.5 Å². The Labute approximate surface area is 138 Å². The van der Waals surface area contributed by atoms with Crippen molar-refractivity contribution in [3.8, 4) is 11.5 Å². The molecule has 1 fully saturated rings. The lowest BCUT2D eigenvalue weighted by atomic mass is 10.1. The summed E-state index contributed by atoms with van der Waals surface area (Å²) in [5, 5.41) is 6.31. The molecule has 1 aliphatic heterocycles. The van der Waals surface area contributed by atoms with Crippen LogP contribution in [-0.2, 0) is 11.2 Å². The van der Waals surface area contributed by atoms with Gasteiger partial charge in [-0.15, -0.1) is 0 Å². The number of hydrogen-bond acceptors (Lipinski definition) is 5. The van der Waals surface area contributed by atoms with E-state index in [4.69, 9.17) is 9.47 Å². The van der Waals surface area contributed by atoms with Crippen molar-refractivity contribution in [3.05, 3.63) is 23.8 Å². The van der Waals surface area contributed by atoms with Crippen LogP contribution >= 0.6 is 0 Å². The van der Waals surface area contributed by atoms with Crippen molar-refractivity contribution >= 4 is 5.91 Å². The number of nitrogens with zero attached hydrogens (tertiary/aromatic N) is 1. The zero-order chi connectivity index (χ0) is 16.5. The highest BCUT2D eigenvalue weighted by atomic mass is 16.5. The number of aryl methyl sites for hydroxylation is 1. The Morgan fingerprint density at radius 3 is 2.74 bits per heavy atom. The van der Waals surface area contributed by atoms with Gasteiger partial charge in [0.1, 0.15) is 11.5 Å². The highest BCUT2D eigenvalue weighted by Crippen LogP contribution is 2.24. The molecule has 0 unspecified atom stereocenters. The van der Waals surface area contributed by atoms with E-state index in [0.717, 1.165) is 49.8 Å². The first-order chi connectivity index (χ1) is 11.2. The van der Waals surface area contributed by atoms with E-state index >= 15 is 0 Å². The molecule has 0 aliphatic carbocycles. The summed E-state index contributed by atoms with van der Waals surface area (Å²) in [6.45, 7) is 5.78. The summed E-state index contributed by atoms with van der Waals surface area (Å²) < 4.78 is 10.6. The van der Waals surface area contributed by atoms with Gasteiger partial charge in [-0.3, -0.25) is 9.69 Å². The Morgan fingerprint density at radius 1 is 1.26 bits per heavy atom. The van der Waals surface area contributed by atoms with Crippen molar-refractivity contribution < 1.29 is 14.3 Å². The maximum absolute atomic E-state index is 12.0. The van der Waals surface area contributed by atoms with Crippen LogP contribution < -0.4 is 20.1 Å². The summed E-state index contributed by atoms with van der Waals surface area (Å²) in [6, 6.07) is 5.65. The van der Waals surface area contributed by atoms with Crippen LogP contribution in [0.2, 0.25) is 0 Å². The van der Waals surface area contributed by atoms with E-state index in [9.17, 15) is 4.79 Å². The van der Waals surface area contributed by atoms with E-state index in [1.807, 2.05) is 18.2 Å². The Balaban J connectivity index is 1.73. The summed E-state index contributed by atoms with van der Waals surface area (Å²) in [5.41, 5.74) is 0.990. The molecule has 1 aliphatic rings. The van der Waals surface area contributed by atoms with Crippen LogP contribution in [0.5, 0.6) is 11.5 Å². The van der Waals surface area contributed by atoms with Crippen LogP contribution in [0.3, 0.4) is 0 Å². The van der Waals surface area contributed by atoms with Gasteiger partial charge in [0.2, 0.25) is 5.91 Å². The molecule has 0 aromatic heterocycles. The van der Waals surface area contributed by atoms with E-state index < -0.39 is 0 Å². The first-order valence-corrected chi connectivity index (χ1v) is 8.13. The third kappa shape index (κ3) is 5.73. The average molecular weight is 321 g/mol. The van der Waals surface area contributed by atoms with Gasteiger partial charge >= 0.3 is 0 Å². The number of hydrogen-bond donors (Lipinski definition) is 2. The lowest BCUT2D eigenvalue weighted by molar-refractivity contribution is -0.121. The van der Waals surface area contributed by atoms with Crippen LogP contribution in [0.1, 0.15) is 12.0 Å². The molecule has 2 rings (SSSR count). The van der Waals surface area contributed by atoms with Gasteiger partial charge in [0.25, 0.3) is 0 Å². The Morgan fingerprint density at radius 2 is 2.04 bits per heavy atom. The van der Waals surface area contributed by atoms with Gasteiger partial charge in [0, 0.05) is 45.7 Å². The monoisotopic (exact) mass is 321 g/mol. The molecule has 128 valence electrons. The van der Waals surface area contributed by atoms with Gasteiger partial charge in [0.05, 0.1) is 14.2 Å². The molecule has 6 heteroatoms. The molecule has 2 N–H and O–H groups in total. The first-order valence-electron chi connectivity index (χ1n) is 8.13. The maximum atomic E-state index is 12.0. The number of carbonyl (C=O) groups excluding carboxylic acids is 1. The second-order valence-corrected chi connectivity index (χ2v) is 5.62. The number of rotatable bonds is 8. The van der Waals surface area contributed by atoms with Crippen LogP contribution in [0.15, 0.2) is 18.2 Å². The van der Waals surface area contributed by atoms with E-state index in [1.54, 1.807) is 14.2 Å². The Bertz CT molecular complexity index is 502. The minimum absolute atomic E-state index is 0.0741. The molecule has 0 radical (unpaired) electrons. The van der Waals surface area contributed by atoms with Gasteiger partial charge in [0.15, 0.2) is 0 Å². The third-order valence-corrected chi connectivity index (χ3v) is 4.07. The summed E-state index contributed by atoms with van der Waals surface area (Å²) in [7, 11) is 3.27. The molecule has 1 heterocycles. The van der Waals surface area contributed by atoms with Gasteiger partial charge < -0.3 is 20.1 Å². The predicted molar refractivity (Wildman–Crippen MR) is 90.2 cm³/mol. The summed E-state index contributed by atoms with van der Waals surface area (Å²) >= 11 is 0. The number of methoxy groups -OCH3 is 2. The molecule has 1 aromatic carbocycles. The molecule has 1 aromatic rings. The highest BCUT2D eigenvalue weighted by Gasteiger charge is 2.11. The van der Waals surface area contributed by atoms with Gasteiger partial charge in [-0.25, -0.2) is 0 Å². The smallest absolute Gasteiger partial charge is 0.220 e. The van der Waals surface area contributed by atoms with E-state index in [0.29, 0.717) is 19.4 Å². The average Bonchev–Trinajstić information content (AvgIpc) is 2.60. The number of ether oxygens (including phenoxy) is 2. The second-order valence-electron chi connectivity index (χ2n) is 5.62. The van der Waals surface area contributed by atoms with Crippen molar-refractivity contribution in [3.63, 3.8) is 0 Å². The van der Waals surface area contributed by atoms with Crippen LogP contribution in [0.4, 0.5) is 0 Å². The summed E-state index contributed by atoms with van der Waals surface area (Å²) in [6.07, 6.45) is 1.09. The minimum atomic E-state index is 0.0741. The fourth-order valence-electron chi connectivity index (χ4n) is 2.70. The molecule has 0 atom stereocenters. The quantitative estimate of drug-likeness (QED) is 0.736. The van der Waals surface area contributed by atoms with Crippen molar-refractivity contribution in [2.75, 3.05) is 53.5 Å². The summed E-state index contributed by atoms with van der Waals surface area (Å²) in [4.78, 5) is 14.4. The highest BCUT2D eigenvalue weighted by molar-refractivity contribution is 5.76. The lowest BCUT2D eigenvalue weighted by Crippen LogP contribution is -2.46. The zero-order valence-corrected chi connectivity index (χ0v) is 14.1. The minimum Gasteiger partial charge on any atom is -0.497 e. The Kier molecular flexibility index (Phi) is 7.16. The largest absolute Gasteiger partial charge is 0.497 e. The van der Waals surface area contributed by atoms with Crippen molar-refractivity contribution in [1.29, 1.82) is 0 Å². The predicted octanol–water partition coefficient (Wildman–Crippen LogP) is 0.658. The van der Waals surface area contributed by atoms with E-state index in [-0.39, 0.29) is 5.91 Å². The van der Waals surface area contributed by atoms with E-state index in [2.05, 4.69) is 15.5 Å². The molecular weight excluding hydrogens is 294 g/mol. The number of benzene rings is 1. The second kappa shape index (κ2) is 9.37. The molecule has 0 spiro atoms. The Hall–Kier alpha value is -1.79. The standard InChI is InChI=1S/C17H27N3O3/c1-22-15-4-5-16(23-2)14(13-15)3-6-17(21)19-9-12-20-10-7-18-8-11-20/h4-5,13,18H,3,6-12H2,1-2H3,(H,19,21). The number of piperazine rings is 1. The first kappa shape index (κ1) is 17.6. The number of amides is 1. The molecule has 6 nitrogen and oxygen atoms in total. The van der Waals surface area contributed by atoms with Gasteiger partial charge in [-0.2, -0.15) is 0 Å². The molecular formula is C17H27N3O3. The van der Waals surface area contributed by atoms with Crippen molar-refractivity contribution in [2.24, 2.45) is 0 Å². The normalized spacial score (nSPS) is 15.2. The SMILES string of the molecule is COc1ccc(OC)c(CCC(=O)NCCN2CCNCC2)c1. The lowest BCUT2D eigenvalue weighted by Gasteiger charge is -2.27. The fraction of sp³-hybridized carbons (Fsp3) is 0.588. The molecule has 23 heavy (non-hydrogen) atoms. The number of nitrogens with one attached hydrogen (secondary N) is 2. The summed E-state index contributed by atoms with van der Waals surface area (Å²) in [5.74, 6) is 1.64. The topological polar surface area (TPSA) is 62.8 Å². The molecule has 0 bridgehead atoms. The van der Waals surface area contributed by atoms with Crippen LogP contribution in [0, 0.1) is 0 Å². The molecule has 1 saturated heterocycles. The van der Waals surface area contributed by atoms with E-state index in [1.165, 1.54) is 0 Å². The molecule has 1 amide bonds. The fourth-order valence-corrected chi connectivity index (χ4v) is 2.70. The number of carbonyl (C=O) groups is 1.